The smallest absolute Gasteiger partial charge is 0.469 e. The summed E-state index contributed by atoms with van der Waals surface area (Å²) in [5.74, 6) is -1.77. The molecular weight excluding hydrogens is 415 g/mol. The van der Waals surface area contributed by atoms with Crippen molar-refractivity contribution in [2.75, 3.05) is 27.1 Å². The first-order chi connectivity index (χ1) is 13.2. The van der Waals surface area contributed by atoms with Crippen LogP contribution in [0.2, 0.25) is 0 Å². The van der Waals surface area contributed by atoms with Gasteiger partial charge in [-0.2, -0.15) is 0 Å². The molecule has 1 N–H and O–H groups in total. The summed E-state index contributed by atoms with van der Waals surface area (Å²) in [6.45, 7) is 2.61. The average molecular weight is 436 g/mol. The van der Waals surface area contributed by atoms with E-state index in [2.05, 4.69) is 14.4 Å². The Morgan fingerprint density at radius 3 is 2.82 bits per heavy atom. The van der Waals surface area contributed by atoms with E-state index in [0.29, 0.717) is 0 Å². The van der Waals surface area contributed by atoms with Crippen LogP contribution in [0.1, 0.15) is 29.9 Å². The molecule has 1 aliphatic heterocycles. The molecule has 2 rings (SSSR count). The molecule has 0 aliphatic carbocycles. The largest absolute Gasteiger partial charge is 0.478 e. The van der Waals surface area contributed by atoms with E-state index in [1.165, 1.54) is 19.4 Å². The minimum atomic E-state index is -4.14. The average Bonchev–Trinajstić information content (AvgIpc) is 3.18. The van der Waals surface area contributed by atoms with Gasteiger partial charge in [0.15, 0.2) is 6.10 Å². The molecule has 0 bridgehead atoms. The number of phosphoric acid groups is 1. The highest BCUT2D eigenvalue weighted by atomic mass is 32.1. The topological polar surface area (TPSA) is 139 Å². The van der Waals surface area contributed by atoms with E-state index in [-0.39, 0.29) is 24.4 Å². The summed E-state index contributed by atoms with van der Waals surface area (Å²) in [6.07, 6.45) is 0.248. The highest BCUT2D eigenvalue weighted by Crippen LogP contribution is 2.57. The Labute approximate surface area is 165 Å². The van der Waals surface area contributed by atoms with Crippen LogP contribution in [0, 0.1) is 5.41 Å². The predicted molar refractivity (Wildman–Crippen MR) is 95.3 cm³/mol. The van der Waals surface area contributed by atoms with Crippen LogP contribution >= 0.6 is 19.4 Å². The van der Waals surface area contributed by atoms with Crippen LogP contribution in [-0.4, -0.2) is 55.4 Å². The molecule has 0 aromatic carbocycles. The van der Waals surface area contributed by atoms with E-state index in [1.807, 2.05) is 0 Å². The van der Waals surface area contributed by atoms with Crippen molar-refractivity contribution in [3.63, 3.8) is 0 Å². The molecule has 1 amide bonds. The molecule has 13 heteroatoms. The molecule has 1 aliphatic rings. The van der Waals surface area contributed by atoms with Gasteiger partial charge in [0.1, 0.15) is 4.88 Å². The number of esters is 2. The van der Waals surface area contributed by atoms with E-state index < -0.39 is 44.0 Å². The first kappa shape index (κ1) is 22.4. The number of aromatic nitrogens is 1. The van der Waals surface area contributed by atoms with Gasteiger partial charge in [0.2, 0.25) is 12.7 Å². The van der Waals surface area contributed by atoms with Crippen LogP contribution in [0.5, 0.6) is 0 Å². The Hall–Kier alpha value is -1.85. The molecule has 0 radical (unpaired) electrons. The lowest BCUT2D eigenvalue weighted by Crippen LogP contribution is -2.50. The van der Waals surface area contributed by atoms with E-state index in [9.17, 15) is 18.9 Å². The molecule has 1 aromatic heterocycles. The molecule has 28 heavy (non-hydrogen) atoms. The predicted octanol–water partition coefficient (Wildman–Crippen LogP) is 1.50. The summed E-state index contributed by atoms with van der Waals surface area (Å²) >= 11 is 0.934. The second-order valence-corrected chi connectivity index (χ2v) is 8.82. The monoisotopic (exact) mass is 436 g/mol. The van der Waals surface area contributed by atoms with E-state index in [0.717, 1.165) is 11.5 Å². The SMILES string of the molecule is COC(=O)CCNC(=O)[C@@H]1O[P@@](=O)(OCOC(=O)c2ccns2)OCC1(C)C. The molecule has 1 fully saturated rings. The van der Waals surface area contributed by atoms with Crippen molar-refractivity contribution in [1.29, 1.82) is 0 Å². The fraction of sp³-hybridized carbons (Fsp3) is 0.600. The van der Waals surface area contributed by atoms with Gasteiger partial charge in [-0.05, 0) is 17.6 Å². The first-order valence-corrected chi connectivity index (χ1v) is 10.4. The van der Waals surface area contributed by atoms with Crippen molar-refractivity contribution in [2.45, 2.75) is 26.4 Å². The first-order valence-electron chi connectivity index (χ1n) is 8.17. The van der Waals surface area contributed by atoms with Crippen LogP contribution in [0.4, 0.5) is 0 Å². The van der Waals surface area contributed by atoms with Crippen molar-refractivity contribution in [3.8, 4) is 0 Å². The normalized spacial score (nSPS) is 23.6. The van der Waals surface area contributed by atoms with Crippen LogP contribution in [-0.2, 0) is 37.2 Å². The fourth-order valence-corrected chi connectivity index (χ4v) is 4.11. The number of rotatable bonds is 8. The van der Waals surface area contributed by atoms with Crippen LogP contribution in [0.3, 0.4) is 0 Å². The zero-order chi connectivity index (χ0) is 20.8. The summed E-state index contributed by atoms with van der Waals surface area (Å²) in [4.78, 5) is 35.5. The molecule has 156 valence electrons. The second-order valence-electron chi connectivity index (χ2n) is 6.37. The lowest BCUT2D eigenvalue weighted by molar-refractivity contribution is -0.144. The lowest BCUT2D eigenvalue weighted by Gasteiger charge is -2.39. The van der Waals surface area contributed by atoms with Crippen molar-refractivity contribution in [1.82, 2.24) is 9.69 Å². The van der Waals surface area contributed by atoms with Crippen LogP contribution in [0.15, 0.2) is 12.3 Å². The maximum absolute atomic E-state index is 12.6. The van der Waals surface area contributed by atoms with Gasteiger partial charge in [-0.15, -0.1) is 0 Å². The number of nitrogens with one attached hydrogen (secondary N) is 1. The van der Waals surface area contributed by atoms with Crippen molar-refractivity contribution in [2.24, 2.45) is 5.41 Å². The van der Waals surface area contributed by atoms with Gasteiger partial charge in [-0.1, -0.05) is 13.8 Å². The highest BCUT2D eigenvalue weighted by molar-refractivity contribution is 7.48. The molecule has 1 aromatic rings. The Bertz CT molecular complexity index is 753. The van der Waals surface area contributed by atoms with Gasteiger partial charge in [0, 0.05) is 18.2 Å². The Morgan fingerprint density at radius 1 is 1.43 bits per heavy atom. The quantitative estimate of drug-likeness (QED) is 0.362. The number of ether oxygens (including phenoxy) is 2. The summed E-state index contributed by atoms with van der Waals surface area (Å²) in [7, 11) is -2.89. The molecule has 0 unspecified atom stereocenters. The minimum absolute atomic E-state index is 0.0203. The molecule has 0 spiro atoms. The summed E-state index contributed by atoms with van der Waals surface area (Å²) < 4.78 is 41.1. The number of hydrogen-bond donors (Lipinski definition) is 1. The summed E-state index contributed by atoms with van der Waals surface area (Å²) in [6, 6.07) is 1.46. The molecule has 2 atom stereocenters. The number of carbonyl (C=O) groups excluding carboxylic acids is 3. The molecule has 0 saturated carbocycles. The number of methoxy groups -OCH3 is 1. The molecular formula is C15H21N2O9PS. The number of phosphoric ester groups is 1. The van der Waals surface area contributed by atoms with E-state index in [1.54, 1.807) is 13.8 Å². The summed E-state index contributed by atoms with van der Waals surface area (Å²) in [5, 5.41) is 2.52. The number of amides is 1. The van der Waals surface area contributed by atoms with Crippen molar-refractivity contribution in [3.05, 3.63) is 17.1 Å². The third-order valence-corrected chi connectivity index (χ3v) is 5.74. The van der Waals surface area contributed by atoms with Gasteiger partial charge in [0.25, 0.3) is 0 Å². The van der Waals surface area contributed by atoms with Gasteiger partial charge in [0.05, 0.1) is 20.1 Å². The molecule has 1 saturated heterocycles. The van der Waals surface area contributed by atoms with Gasteiger partial charge < -0.3 is 14.8 Å². The second kappa shape index (κ2) is 9.57. The van der Waals surface area contributed by atoms with E-state index in [4.69, 9.17) is 18.3 Å². The maximum Gasteiger partial charge on any atom is 0.478 e. The van der Waals surface area contributed by atoms with Crippen molar-refractivity contribution >= 4 is 37.2 Å². The van der Waals surface area contributed by atoms with Crippen molar-refractivity contribution < 1.29 is 42.0 Å². The minimum Gasteiger partial charge on any atom is -0.469 e. The fourth-order valence-electron chi connectivity index (χ4n) is 2.11. The van der Waals surface area contributed by atoms with Gasteiger partial charge in [-0.25, -0.2) is 18.3 Å². The van der Waals surface area contributed by atoms with Crippen LogP contribution < -0.4 is 5.32 Å². The zero-order valence-corrected chi connectivity index (χ0v) is 17.2. The van der Waals surface area contributed by atoms with Gasteiger partial charge in [-0.3, -0.25) is 18.6 Å². The maximum atomic E-state index is 12.6. The lowest BCUT2D eigenvalue weighted by atomic mass is 9.87. The zero-order valence-electron chi connectivity index (χ0n) is 15.5. The Balaban J connectivity index is 1.89. The van der Waals surface area contributed by atoms with Gasteiger partial charge >= 0.3 is 19.8 Å². The standard InChI is InChI=1S/C15H21N2O9PS/c1-15(2)8-24-27(21,25-9-23-14(20)10-4-7-17-28-10)26-12(15)13(19)16-6-5-11(18)22-3/h4,7,12H,5-6,8-9H2,1-3H3,(H,16,19)/t12-,27+/m0/s1. The number of hydrogen-bond acceptors (Lipinski definition) is 11. The Morgan fingerprint density at radius 2 is 2.18 bits per heavy atom. The molecule has 11 nitrogen and oxygen atoms in total. The Kier molecular flexibility index (Phi) is 7.67. The van der Waals surface area contributed by atoms with E-state index >= 15 is 0 Å². The molecule has 2 heterocycles. The highest BCUT2D eigenvalue weighted by Gasteiger charge is 2.49. The number of nitrogens with zero attached hydrogens (tertiary/aromatic N) is 1. The summed E-state index contributed by atoms with van der Waals surface area (Å²) in [5.41, 5.74) is -0.814. The van der Waals surface area contributed by atoms with Crippen LogP contribution in [0.25, 0.3) is 0 Å². The number of carbonyl (C=O) groups is 3. The third-order valence-electron chi connectivity index (χ3n) is 3.67. The third kappa shape index (κ3) is 6.08.